The second-order valence-electron chi connectivity index (χ2n) is 11.7. The van der Waals surface area contributed by atoms with Crippen molar-refractivity contribution >= 4 is 11.7 Å². The topological polar surface area (TPSA) is 74.5 Å². The van der Waals surface area contributed by atoms with Gasteiger partial charge in [0.1, 0.15) is 5.82 Å². The lowest BCUT2D eigenvalue weighted by Crippen LogP contribution is -2.46. The zero-order chi connectivity index (χ0) is 27.6. The van der Waals surface area contributed by atoms with E-state index in [1.165, 1.54) is 16.9 Å². The van der Waals surface area contributed by atoms with Crippen molar-refractivity contribution in [2.45, 2.75) is 76.0 Å². The Morgan fingerprint density at radius 3 is 2.38 bits per heavy atom. The van der Waals surface area contributed by atoms with Crippen LogP contribution in [0.15, 0.2) is 36.5 Å². The van der Waals surface area contributed by atoms with Gasteiger partial charge >= 0.3 is 6.18 Å². The molecule has 2 aromatic rings. The van der Waals surface area contributed by atoms with Gasteiger partial charge in [-0.25, -0.2) is 4.98 Å². The Balaban J connectivity index is 1.21. The van der Waals surface area contributed by atoms with Crippen LogP contribution in [-0.2, 0) is 0 Å². The van der Waals surface area contributed by atoms with Crippen LogP contribution in [0.25, 0.3) is 11.1 Å². The highest BCUT2D eigenvalue weighted by Gasteiger charge is 2.37. The number of nitrogens with two attached hydrogens (primary N) is 1. The fraction of sp³-hybridized carbons (Fsp3) is 0.600. The average molecular weight is 544 g/mol. The molecule has 212 valence electrons. The predicted octanol–water partition coefficient (Wildman–Crippen LogP) is 5.46. The van der Waals surface area contributed by atoms with Crippen LogP contribution in [0.3, 0.4) is 0 Å². The van der Waals surface area contributed by atoms with E-state index in [1.54, 1.807) is 6.20 Å². The summed E-state index contributed by atoms with van der Waals surface area (Å²) in [6.45, 7) is 4.37. The van der Waals surface area contributed by atoms with Gasteiger partial charge in [-0.05, 0) is 61.9 Å². The summed E-state index contributed by atoms with van der Waals surface area (Å²) < 4.78 is 38.2. The van der Waals surface area contributed by atoms with Crippen molar-refractivity contribution in [3.05, 3.63) is 47.7 Å². The molecule has 1 aromatic heterocycles. The number of alkyl halides is 3. The van der Waals surface area contributed by atoms with E-state index in [-0.39, 0.29) is 17.8 Å². The number of likely N-dealkylation sites (tertiary alicyclic amines) is 2. The minimum atomic E-state index is -4.13. The Kier molecular flexibility index (Phi) is 8.47. The number of rotatable bonds is 6. The fourth-order valence-corrected chi connectivity index (χ4v) is 6.68. The summed E-state index contributed by atoms with van der Waals surface area (Å²) in [5.41, 5.74) is 9.60. The number of nitrogen functional groups attached to an aromatic ring is 1. The first kappa shape index (κ1) is 27.9. The van der Waals surface area contributed by atoms with Crippen molar-refractivity contribution in [1.29, 1.82) is 0 Å². The molecule has 2 atom stereocenters. The number of piperidine rings is 1. The molecule has 2 aliphatic heterocycles. The van der Waals surface area contributed by atoms with Crippen LogP contribution >= 0.6 is 0 Å². The van der Waals surface area contributed by atoms with Gasteiger partial charge in [-0.1, -0.05) is 50.5 Å². The van der Waals surface area contributed by atoms with Gasteiger partial charge in [-0.3, -0.25) is 14.6 Å². The maximum absolute atomic E-state index is 12.9. The smallest absolute Gasteiger partial charge is 0.383 e. The molecule has 0 bridgehead atoms. The number of anilines is 1. The van der Waals surface area contributed by atoms with Crippen LogP contribution in [0.1, 0.15) is 73.7 Å². The van der Waals surface area contributed by atoms with Gasteiger partial charge in [0.25, 0.3) is 5.91 Å². The Bertz CT molecular complexity index is 1120. The third-order valence-electron chi connectivity index (χ3n) is 8.89. The van der Waals surface area contributed by atoms with E-state index in [9.17, 15) is 18.0 Å². The van der Waals surface area contributed by atoms with Gasteiger partial charge in [0, 0.05) is 42.9 Å². The summed E-state index contributed by atoms with van der Waals surface area (Å²) in [6.07, 6.45) is 4.69. The van der Waals surface area contributed by atoms with Gasteiger partial charge in [0.05, 0.1) is 12.1 Å². The van der Waals surface area contributed by atoms with Crippen LogP contribution in [0.2, 0.25) is 0 Å². The first-order chi connectivity index (χ1) is 18.7. The quantitative estimate of drug-likeness (QED) is 0.507. The summed E-state index contributed by atoms with van der Waals surface area (Å²) >= 11 is 0. The minimum Gasteiger partial charge on any atom is -0.383 e. The van der Waals surface area contributed by atoms with E-state index < -0.39 is 12.7 Å². The summed E-state index contributed by atoms with van der Waals surface area (Å²) in [4.78, 5) is 21.3. The molecule has 39 heavy (non-hydrogen) atoms. The van der Waals surface area contributed by atoms with Crippen molar-refractivity contribution in [3.8, 4) is 11.1 Å². The zero-order valence-corrected chi connectivity index (χ0v) is 22.7. The fourth-order valence-electron chi connectivity index (χ4n) is 6.68. The van der Waals surface area contributed by atoms with Crippen molar-refractivity contribution in [2.24, 2.45) is 5.92 Å². The summed E-state index contributed by atoms with van der Waals surface area (Å²) in [5.74, 6) is 0.938. The molecule has 9 heteroatoms. The molecule has 0 spiro atoms. The van der Waals surface area contributed by atoms with Crippen LogP contribution in [-0.4, -0.2) is 71.7 Å². The molecule has 1 saturated carbocycles. The number of carbonyl (C=O) groups excluding carboxylic acids is 1. The van der Waals surface area contributed by atoms with Gasteiger partial charge in [-0.2, -0.15) is 13.2 Å². The summed E-state index contributed by atoms with van der Waals surface area (Å²) in [7, 11) is 0. The highest BCUT2D eigenvalue weighted by molar-refractivity contribution is 5.99. The lowest BCUT2D eigenvalue weighted by atomic mass is 9.89. The number of amides is 1. The predicted molar refractivity (Wildman–Crippen MR) is 147 cm³/mol. The number of nitrogens with one attached hydrogen (secondary N) is 1. The molecule has 3 aliphatic rings. The Morgan fingerprint density at radius 2 is 1.72 bits per heavy atom. The molecule has 1 aliphatic carbocycles. The normalized spacial score (nSPS) is 24.2. The van der Waals surface area contributed by atoms with Crippen molar-refractivity contribution in [2.75, 3.05) is 38.5 Å². The lowest BCUT2D eigenvalue weighted by Gasteiger charge is -2.37. The first-order valence-corrected chi connectivity index (χ1v) is 14.4. The number of benzene rings is 1. The number of carbonyl (C=O) groups is 1. The number of halogens is 3. The van der Waals surface area contributed by atoms with Gasteiger partial charge < -0.3 is 11.1 Å². The molecule has 3 N–H and O–H groups in total. The molecule has 3 fully saturated rings. The van der Waals surface area contributed by atoms with Crippen LogP contribution in [0, 0.1) is 5.92 Å². The molecular formula is C30H40F3N5O. The molecule has 5 rings (SSSR count). The van der Waals surface area contributed by atoms with Crippen molar-refractivity contribution in [1.82, 2.24) is 20.1 Å². The molecular weight excluding hydrogens is 503 g/mol. The highest BCUT2D eigenvalue weighted by Crippen LogP contribution is 2.36. The third kappa shape index (κ3) is 6.92. The molecule has 3 heterocycles. The maximum atomic E-state index is 12.9. The largest absolute Gasteiger partial charge is 0.401 e. The van der Waals surface area contributed by atoms with E-state index in [0.29, 0.717) is 36.5 Å². The van der Waals surface area contributed by atoms with Crippen LogP contribution < -0.4 is 11.1 Å². The molecule has 0 radical (unpaired) electrons. The summed E-state index contributed by atoms with van der Waals surface area (Å²) in [5, 5.41) is 3.13. The van der Waals surface area contributed by atoms with Gasteiger partial charge in [0.2, 0.25) is 0 Å². The Hall–Kier alpha value is -2.65. The van der Waals surface area contributed by atoms with Gasteiger partial charge in [-0.15, -0.1) is 0 Å². The molecule has 1 amide bonds. The average Bonchev–Trinajstić information content (AvgIpc) is 3.30. The van der Waals surface area contributed by atoms with E-state index in [4.69, 9.17) is 5.73 Å². The number of aromatic nitrogens is 1. The lowest BCUT2D eigenvalue weighted by molar-refractivity contribution is -0.148. The van der Waals surface area contributed by atoms with E-state index in [0.717, 1.165) is 62.7 Å². The maximum Gasteiger partial charge on any atom is 0.401 e. The van der Waals surface area contributed by atoms with Crippen LogP contribution in [0.5, 0.6) is 0 Å². The minimum absolute atomic E-state index is 0.158. The number of nitrogens with zero attached hydrogens (tertiary/aromatic N) is 3. The van der Waals surface area contributed by atoms with Crippen molar-refractivity contribution in [3.63, 3.8) is 0 Å². The number of hydrogen-bond acceptors (Lipinski definition) is 5. The Labute approximate surface area is 229 Å². The molecule has 6 nitrogen and oxygen atoms in total. The number of hydrogen-bond donors (Lipinski definition) is 2. The SMILES string of the molecule is C[C@@H]1CN(C2CCN(CC(F)(F)F)CC2)C[C@H]1c1ccc(-c2cnc(N)c(C(=O)NC3CCCCC3)c2)cc1. The first-order valence-electron chi connectivity index (χ1n) is 14.4. The zero-order valence-electron chi connectivity index (χ0n) is 22.7. The van der Waals surface area contributed by atoms with E-state index in [2.05, 4.69) is 46.4 Å². The molecule has 1 aromatic carbocycles. The summed E-state index contributed by atoms with van der Waals surface area (Å²) in [6, 6.07) is 10.9. The van der Waals surface area contributed by atoms with E-state index in [1.807, 2.05) is 6.07 Å². The van der Waals surface area contributed by atoms with Gasteiger partial charge in [0.15, 0.2) is 0 Å². The Morgan fingerprint density at radius 1 is 1.03 bits per heavy atom. The third-order valence-corrected chi connectivity index (χ3v) is 8.89. The standard InChI is InChI=1S/C30H40F3N5O/c1-20-17-38(25-11-13-37(14-12-25)19-30(31,32)33)18-27(20)22-9-7-21(8-10-22)23-15-26(28(34)35-16-23)29(39)36-24-5-3-2-4-6-24/h7-10,15-16,20,24-25,27H,2-6,11-14,17-19H2,1H3,(H2,34,35)(H,36,39)/t20-,27-/m1/s1. The van der Waals surface area contributed by atoms with Crippen LogP contribution in [0.4, 0.5) is 19.0 Å². The second-order valence-corrected chi connectivity index (χ2v) is 11.7. The highest BCUT2D eigenvalue weighted by atomic mass is 19.4. The second kappa shape index (κ2) is 11.8. The van der Waals surface area contributed by atoms with E-state index >= 15 is 0 Å². The monoisotopic (exact) mass is 543 g/mol. The molecule has 2 saturated heterocycles. The van der Waals surface area contributed by atoms with Crippen molar-refractivity contribution < 1.29 is 18.0 Å². The number of pyridine rings is 1. The molecule has 0 unspecified atom stereocenters.